The third-order valence-electron chi connectivity index (χ3n) is 6.06. The van der Waals surface area contributed by atoms with Crippen molar-refractivity contribution >= 4 is 22.9 Å². The lowest BCUT2D eigenvalue weighted by Crippen LogP contribution is -2.45. The molecule has 0 bridgehead atoms. The van der Waals surface area contributed by atoms with Crippen LogP contribution < -0.4 is 16.2 Å². The van der Waals surface area contributed by atoms with Gasteiger partial charge in [-0.25, -0.2) is 0 Å². The molecule has 2 aromatic heterocycles. The number of aromatic nitrogens is 2. The summed E-state index contributed by atoms with van der Waals surface area (Å²) in [5, 5.41) is 0.668. The van der Waals surface area contributed by atoms with Gasteiger partial charge < -0.3 is 19.9 Å². The van der Waals surface area contributed by atoms with Crippen molar-refractivity contribution in [1.29, 1.82) is 0 Å². The molecule has 3 aromatic rings. The summed E-state index contributed by atoms with van der Waals surface area (Å²) in [6.07, 6.45) is 6.74. The average molecular weight is 449 g/mol. The number of morpholine rings is 1. The number of hydrogen-bond donors (Lipinski definition) is 1. The normalized spacial score (nSPS) is 17.9. The predicted molar refractivity (Wildman–Crippen MR) is 127 cm³/mol. The lowest BCUT2D eigenvalue weighted by Gasteiger charge is -2.34. The largest absolute Gasteiger partial charge is 0.373 e. The molecule has 1 unspecified atom stereocenters. The second kappa shape index (κ2) is 8.90. The van der Waals surface area contributed by atoms with Crippen molar-refractivity contribution in [2.75, 3.05) is 31.1 Å². The third kappa shape index (κ3) is 4.21. The molecule has 2 aliphatic rings. The summed E-state index contributed by atoms with van der Waals surface area (Å²) >= 11 is 6.08. The average Bonchev–Trinajstić information content (AvgIpc) is 3.24. The summed E-state index contributed by atoms with van der Waals surface area (Å²) in [7, 11) is 0. The van der Waals surface area contributed by atoms with E-state index in [1.54, 1.807) is 10.6 Å². The number of fused-ring (bicyclic) bond motifs is 1. The number of halogens is 1. The fraction of sp³-hybridized carbons (Fsp3) is 0.280. The minimum atomic E-state index is -0.0418. The molecule has 1 atom stereocenters. The number of nitrogens with zero attached hydrogens (tertiary/aromatic N) is 3. The number of pyridine rings is 2. The van der Waals surface area contributed by atoms with Crippen molar-refractivity contribution in [1.82, 2.24) is 9.55 Å². The number of nitrogens with two attached hydrogens (primary N) is 1. The molecule has 5 rings (SSSR count). The molecular weight excluding hydrogens is 424 g/mol. The van der Waals surface area contributed by atoms with Gasteiger partial charge in [-0.15, -0.1) is 0 Å². The first-order valence-corrected chi connectivity index (χ1v) is 11.2. The van der Waals surface area contributed by atoms with Crippen LogP contribution in [0.25, 0.3) is 5.57 Å². The Morgan fingerprint density at radius 1 is 1.22 bits per heavy atom. The van der Waals surface area contributed by atoms with Crippen molar-refractivity contribution < 1.29 is 4.74 Å². The topological polar surface area (TPSA) is 73.4 Å². The molecule has 2 N–H and O–H groups in total. The Labute approximate surface area is 191 Å². The van der Waals surface area contributed by atoms with Gasteiger partial charge in [0, 0.05) is 48.9 Å². The van der Waals surface area contributed by atoms with Gasteiger partial charge in [-0.05, 0) is 41.0 Å². The fourth-order valence-corrected chi connectivity index (χ4v) is 4.58. The molecule has 1 aromatic carbocycles. The zero-order chi connectivity index (χ0) is 22.1. The third-order valence-corrected chi connectivity index (χ3v) is 6.30. The summed E-state index contributed by atoms with van der Waals surface area (Å²) < 4.78 is 7.39. The highest BCUT2D eigenvalue weighted by Gasteiger charge is 2.23. The Balaban J connectivity index is 1.40. The molecule has 1 fully saturated rings. The van der Waals surface area contributed by atoms with Crippen molar-refractivity contribution in [3.63, 3.8) is 0 Å². The van der Waals surface area contributed by atoms with Crippen LogP contribution in [0.15, 0.2) is 65.7 Å². The second-order valence-corrected chi connectivity index (χ2v) is 8.63. The van der Waals surface area contributed by atoms with Gasteiger partial charge in [-0.1, -0.05) is 29.8 Å². The van der Waals surface area contributed by atoms with E-state index in [0.717, 1.165) is 53.2 Å². The minimum absolute atomic E-state index is 0.0408. The van der Waals surface area contributed by atoms with Gasteiger partial charge >= 0.3 is 0 Å². The van der Waals surface area contributed by atoms with Crippen LogP contribution in [0, 0.1) is 0 Å². The van der Waals surface area contributed by atoms with Gasteiger partial charge in [0.1, 0.15) is 0 Å². The summed E-state index contributed by atoms with van der Waals surface area (Å²) in [5.74, 6) is 0. The van der Waals surface area contributed by atoms with E-state index in [2.05, 4.69) is 17.0 Å². The lowest BCUT2D eigenvalue weighted by atomic mass is 10.0. The Bertz CT molecular complexity index is 1240. The molecule has 1 aliphatic heterocycles. The number of ether oxygens (including phenoxy) is 1. The lowest BCUT2D eigenvalue weighted by molar-refractivity contribution is 0.0465. The van der Waals surface area contributed by atoms with Gasteiger partial charge in [-0.2, -0.15) is 0 Å². The van der Waals surface area contributed by atoms with Crippen LogP contribution in [0.3, 0.4) is 0 Å². The van der Waals surface area contributed by atoms with Crippen LogP contribution in [0.2, 0.25) is 5.02 Å². The van der Waals surface area contributed by atoms with Gasteiger partial charge in [0.05, 0.1) is 36.8 Å². The van der Waals surface area contributed by atoms with E-state index in [1.165, 1.54) is 0 Å². The maximum atomic E-state index is 12.8. The zero-order valence-corrected chi connectivity index (χ0v) is 18.5. The SMILES string of the molecule is NCC1CN(c2cnc3c(c2)C(c2ccn(Cc4cccc(Cl)c4)c(=O)c2)=CC3)CCO1. The number of hydrogen-bond acceptors (Lipinski definition) is 5. The Kier molecular flexibility index (Phi) is 5.83. The zero-order valence-electron chi connectivity index (χ0n) is 17.7. The van der Waals surface area contributed by atoms with E-state index >= 15 is 0 Å². The molecule has 7 heteroatoms. The first-order chi connectivity index (χ1) is 15.6. The van der Waals surface area contributed by atoms with E-state index in [4.69, 9.17) is 27.1 Å². The minimum Gasteiger partial charge on any atom is -0.373 e. The monoisotopic (exact) mass is 448 g/mol. The predicted octanol–water partition coefficient (Wildman–Crippen LogP) is 3.10. The molecule has 1 saturated heterocycles. The highest BCUT2D eigenvalue weighted by Crippen LogP contribution is 2.34. The Morgan fingerprint density at radius 2 is 2.12 bits per heavy atom. The number of allylic oxidation sites excluding steroid dienone is 1. The molecule has 164 valence electrons. The van der Waals surface area contributed by atoms with Crippen LogP contribution >= 0.6 is 11.6 Å². The second-order valence-electron chi connectivity index (χ2n) is 8.20. The first kappa shape index (κ1) is 20.9. The van der Waals surface area contributed by atoms with Gasteiger partial charge in [-0.3, -0.25) is 9.78 Å². The smallest absolute Gasteiger partial charge is 0.251 e. The van der Waals surface area contributed by atoms with E-state index in [9.17, 15) is 4.79 Å². The first-order valence-electron chi connectivity index (χ1n) is 10.8. The summed E-state index contributed by atoms with van der Waals surface area (Å²) in [6, 6.07) is 13.5. The molecule has 0 spiro atoms. The maximum Gasteiger partial charge on any atom is 0.251 e. The van der Waals surface area contributed by atoms with Crippen LogP contribution in [0.5, 0.6) is 0 Å². The van der Waals surface area contributed by atoms with Crippen LogP contribution in [0.1, 0.15) is 22.4 Å². The van der Waals surface area contributed by atoms with Crippen LogP contribution in [0.4, 0.5) is 5.69 Å². The van der Waals surface area contributed by atoms with Crippen molar-refractivity contribution in [3.05, 3.63) is 98.7 Å². The Morgan fingerprint density at radius 3 is 2.94 bits per heavy atom. The van der Waals surface area contributed by atoms with Gasteiger partial charge in [0.15, 0.2) is 0 Å². The summed E-state index contributed by atoms with van der Waals surface area (Å²) in [5.41, 5.74) is 11.9. The van der Waals surface area contributed by atoms with E-state index in [0.29, 0.717) is 24.7 Å². The molecule has 0 amide bonds. The molecule has 32 heavy (non-hydrogen) atoms. The molecule has 0 radical (unpaired) electrons. The Hall–Kier alpha value is -2.93. The van der Waals surface area contributed by atoms with Crippen molar-refractivity contribution in [2.24, 2.45) is 5.73 Å². The van der Waals surface area contributed by atoms with E-state index in [-0.39, 0.29) is 11.7 Å². The highest BCUT2D eigenvalue weighted by atomic mass is 35.5. The van der Waals surface area contributed by atoms with Crippen LogP contribution in [-0.2, 0) is 17.7 Å². The molecule has 1 aliphatic carbocycles. The van der Waals surface area contributed by atoms with Crippen molar-refractivity contribution in [3.8, 4) is 0 Å². The number of anilines is 1. The summed E-state index contributed by atoms with van der Waals surface area (Å²) in [4.78, 5) is 19.8. The molecule has 6 nitrogen and oxygen atoms in total. The molecule has 3 heterocycles. The number of rotatable bonds is 5. The van der Waals surface area contributed by atoms with Crippen molar-refractivity contribution in [2.45, 2.75) is 19.1 Å². The van der Waals surface area contributed by atoms with Crippen LogP contribution in [-0.4, -0.2) is 41.9 Å². The molecular formula is C25H25ClN4O2. The standard InChI is InChI=1S/C25H25ClN4O2/c26-19-3-1-2-17(10-19)15-30-7-6-18(11-25(30)31)22-4-5-24-23(22)12-20(14-28-24)29-8-9-32-21(13-27)16-29/h1-4,6-7,10-12,14,21H,5,8-9,13,15-16,27H2. The maximum absolute atomic E-state index is 12.8. The van der Waals surface area contributed by atoms with E-state index in [1.807, 2.05) is 42.7 Å². The fourth-order valence-electron chi connectivity index (χ4n) is 4.37. The van der Waals surface area contributed by atoms with Gasteiger partial charge in [0.2, 0.25) is 0 Å². The number of benzene rings is 1. The quantitative estimate of drug-likeness (QED) is 0.649. The molecule has 0 saturated carbocycles. The van der Waals surface area contributed by atoms with Gasteiger partial charge in [0.25, 0.3) is 5.56 Å². The highest BCUT2D eigenvalue weighted by molar-refractivity contribution is 6.30. The van der Waals surface area contributed by atoms with E-state index < -0.39 is 0 Å². The summed E-state index contributed by atoms with van der Waals surface area (Å²) in [6.45, 7) is 3.23.